The Morgan fingerprint density at radius 3 is 2.38 bits per heavy atom. The van der Waals surface area contributed by atoms with E-state index in [-0.39, 0.29) is 5.82 Å². The number of hydrogen-bond donors (Lipinski definition) is 1. The molecule has 0 aromatic heterocycles. The van der Waals surface area contributed by atoms with Gasteiger partial charge in [-0.05, 0) is 43.1 Å². The molecule has 2 nitrogen and oxygen atoms in total. The zero-order chi connectivity index (χ0) is 15.2. The molecule has 0 fully saturated rings. The monoisotopic (exact) mass is 287 g/mol. The summed E-state index contributed by atoms with van der Waals surface area (Å²) in [6, 6.07) is 11.2. The average Bonchev–Trinajstić information content (AvgIpc) is 2.46. The topological polar surface area (TPSA) is 21.3 Å². The summed E-state index contributed by atoms with van der Waals surface area (Å²) < 4.78 is 19.8. The first-order valence-corrected chi connectivity index (χ1v) is 7.29. The third kappa shape index (κ3) is 3.82. The first-order chi connectivity index (χ1) is 10.1. The molecule has 0 spiro atoms. The summed E-state index contributed by atoms with van der Waals surface area (Å²) in [6.07, 6.45) is 0. The second-order valence-corrected chi connectivity index (χ2v) is 5.17. The van der Waals surface area contributed by atoms with Gasteiger partial charge in [0.05, 0.1) is 0 Å². The molecule has 2 rings (SSSR count). The molecule has 0 saturated heterocycles. The summed E-state index contributed by atoms with van der Waals surface area (Å²) in [5.41, 5.74) is 4.30. The molecule has 0 saturated carbocycles. The van der Waals surface area contributed by atoms with Gasteiger partial charge in [-0.2, -0.15) is 0 Å². The molecule has 112 valence electrons. The van der Waals surface area contributed by atoms with Crippen LogP contribution in [0.1, 0.15) is 29.2 Å². The van der Waals surface area contributed by atoms with Crippen molar-refractivity contribution < 1.29 is 9.13 Å². The molecule has 3 heteroatoms. The highest BCUT2D eigenvalue weighted by Gasteiger charge is 2.11. The summed E-state index contributed by atoms with van der Waals surface area (Å²) in [5, 5.41) is 3.21. The van der Waals surface area contributed by atoms with Gasteiger partial charge in [0.25, 0.3) is 0 Å². The van der Waals surface area contributed by atoms with Crippen molar-refractivity contribution in [1.29, 1.82) is 0 Å². The number of ether oxygens (including phenoxy) is 1. The Morgan fingerprint density at radius 1 is 1.05 bits per heavy atom. The predicted molar refractivity (Wildman–Crippen MR) is 84.0 cm³/mol. The normalized spacial score (nSPS) is 10.7. The van der Waals surface area contributed by atoms with Crippen LogP contribution in [0.3, 0.4) is 0 Å². The van der Waals surface area contributed by atoms with Crippen molar-refractivity contribution in [3.8, 4) is 5.75 Å². The first-order valence-electron chi connectivity index (χ1n) is 7.29. The maximum Gasteiger partial charge on any atom is 0.165 e. The Balaban J connectivity index is 2.19. The minimum absolute atomic E-state index is 0.309. The van der Waals surface area contributed by atoms with Crippen LogP contribution in [0.5, 0.6) is 5.75 Å². The fourth-order valence-corrected chi connectivity index (χ4v) is 2.34. The Morgan fingerprint density at radius 2 is 1.71 bits per heavy atom. The van der Waals surface area contributed by atoms with E-state index < -0.39 is 0 Å². The molecular weight excluding hydrogens is 265 g/mol. The average molecular weight is 287 g/mol. The highest BCUT2D eigenvalue weighted by Crippen LogP contribution is 2.25. The zero-order valence-corrected chi connectivity index (χ0v) is 12.9. The van der Waals surface area contributed by atoms with Crippen LogP contribution in [0.2, 0.25) is 0 Å². The van der Waals surface area contributed by atoms with E-state index in [0.717, 1.165) is 17.7 Å². The molecule has 1 N–H and O–H groups in total. The summed E-state index contributed by atoms with van der Waals surface area (Å²) in [4.78, 5) is 0. The molecule has 0 bridgehead atoms. The molecule has 0 aliphatic heterocycles. The van der Waals surface area contributed by atoms with Crippen LogP contribution >= 0.6 is 0 Å². The van der Waals surface area contributed by atoms with Crippen molar-refractivity contribution >= 4 is 0 Å². The maximum absolute atomic E-state index is 14.0. The van der Waals surface area contributed by atoms with Crippen LogP contribution in [0.4, 0.5) is 4.39 Å². The highest BCUT2D eigenvalue weighted by atomic mass is 19.1. The van der Waals surface area contributed by atoms with E-state index in [1.807, 2.05) is 45.0 Å². The fourth-order valence-electron chi connectivity index (χ4n) is 2.34. The standard InChI is InChI=1S/C18H22FNO/c1-4-20-11-15-9-6-10-17(19)18(15)21-12-16-13(2)7-5-8-14(16)3/h5-10,20H,4,11-12H2,1-3H3. The van der Waals surface area contributed by atoms with E-state index in [1.165, 1.54) is 17.2 Å². The first kappa shape index (κ1) is 15.5. The van der Waals surface area contributed by atoms with E-state index >= 15 is 0 Å². The summed E-state index contributed by atoms with van der Waals surface area (Å²) in [6.45, 7) is 7.96. The summed E-state index contributed by atoms with van der Waals surface area (Å²) in [7, 11) is 0. The minimum atomic E-state index is -0.309. The number of hydrogen-bond acceptors (Lipinski definition) is 2. The lowest BCUT2D eigenvalue weighted by Gasteiger charge is -2.15. The molecule has 0 heterocycles. The molecule has 0 aliphatic carbocycles. The second kappa shape index (κ2) is 7.23. The van der Waals surface area contributed by atoms with Crippen LogP contribution in [-0.2, 0) is 13.2 Å². The molecule has 2 aromatic carbocycles. The second-order valence-electron chi connectivity index (χ2n) is 5.17. The Bertz CT molecular complexity index is 590. The van der Waals surface area contributed by atoms with Gasteiger partial charge < -0.3 is 10.1 Å². The van der Waals surface area contributed by atoms with Gasteiger partial charge in [-0.3, -0.25) is 0 Å². The molecule has 2 aromatic rings. The Labute approximate surface area is 126 Å². The van der Waals surface area contributed by atoms with Crippen molar-refractivity contribution in [2.45, 2.75) is 33.9 Å². The molecule has 0 amide bonds. The number of rotatable bonds is 6. The van der Waals surface area contributed by atoms with Gasteiger partial charge in [0.2, 0.25) is 0 Å². The minimum Gasteiger partial charge on any atom is -0.485 e. The number of nitrogens with one attached hydrogen (secondary N) is 1. The fraction of sp³-hybridized carbons (Fsp3) is 0.333. The zero-order valence-electron chi connectivity index (χ0n) is 12.9. The molecular formula is C18H22FNO. The van der Waals surface area contributed by atoms with Crippen molar-refractivity contribution in [3.63, 3.8) is 0 Å². The quantitative estimate of drug-likeness (QED) is 0.862. The molecule has 0 aliphatic rings. The summed E-state index contributed by atoms with van der Waals surface area (Å²) >= 11 is 0. The van der Waals surface area contributed by atoms with Gasteiger partial charge in [0.1, 0.15) is 6.61 Å². The van der Waals surface area contributed by atoms with Gasteiger partial charge in [-0.1, -0.05) is 37.3 Å². The van der Waals surface area contributed by atoms with Gasteiger partial charge in [-0.15, -0.1) is 0 Å². The highest BCUT2D eigenvalue weighted by molar-refractivity contribution is 5.37. The third-order valence-electron chi connectivity index (χ3n) is 3.62. The Hall–Kier alpha value is -1.87. The van der Waals surface area contributed by atoms with E-state index in [9.17, 15) is 4.39 Å². The SMILES string of the molecule is CCNCc1cccc(F)c1OCc1c(C)cccc1C. The molecule has 0 unspecified atom stereocenters. The largest absolute Gasteiger partial charge is 0.485 e. The van der Waals surface area contributed by atoms with Gasteiger partial charge in [0.15, 0.2) is 11.6 Å². The van der Waals surface area contributed by atoms with E-state index in [0.29, 0.717) is 18.9 Å². The van der Waals surface area contributed by atoms with Crippen molar-refractivity contribution in [2.24, 2.45) is 0 Å². The number of benzene rings is 2. The number of aryl methyl sites for hydroxylation is 2. The molecule has 0 radical (unpaired) electrons. The summed E-state index contributed by atoms with van der Waals surface area (Å²) in [5.74, 6) is 0.0396. The third-order valence-corrected chi connectivity index (χ3v) is 3.62. The van der Waals surface area contributed by atoms with Crippen molar-refractivity contribution in [2.75, 3.05) is 6.54 Å². The van der Waals surface area contributed by atoms with E-state index in [2.05, 4.69) is 5.32 Å². The maximum atomic E-state index is 14.0. The Kier molecular flexibility index (Phi) is 5.34. The lowest BCUT2D eigenvalue weighted by molar-refractivity contribution is 0.285. The van der Waals surface area contributed by atoms with Crippen LogP contribution < -0.4 is 10.1 Å². The van der Waals surface area contributed by atoms with E-state index in [4.69, 9.17) is 4.74 Å². The van der Waals surface area contributed by atoms with Gasteiger partial charge in [0, 0.05) is 12.1 Å². The molecule has 21 heavy (non-hydrogen) atoms. The van der Waals surface area contributed by atoms with Crippen LogP contribution in [-0.4, -0.2) is 6.54 Å². The van der Waals surface area contributed by atoms with Gasteiger partial charge >= 0.3 is 0 Å². The van der Waals surface area contributed by atoms with Gasteiger partial charge in [-0.25, -0.2) is 4.39 Å². The smallest absolute Gasteiger partial charge is 0.165 e. The number of para-hydroxylation sites is 1. The van der Waals surface area contributed by atoms with Crippen LogP contribution in [0.25, 0.3) is 0 Å². The lowest BCUT2D eigenvalue weighted by atomic mass is 10.0. The lowest BCUT2D eigenvalue weighted by Crippen LogP contribution is -2.13. The van der Waals surface area contributed by atoms with E-state index in [1.54, 1.807) is 6.07 Å². The van der Waals surface area contributed by atoms with Crippen LogP contribution in [0, 0.1) is 19.7 Å². The van der Waals surface area contributed by atoms with Crippen molar-refractivity contribution in [1.82, 2.24) is 5.32 Å². The van der Waals surface area contributed by atoms with Crippen LogP contribution in [0.15, 0.2) is 36.4 Å². The number of halogens is 1. The predicted octanol–water partition coefficient (Wildman–Crippen LogP) is 4.13. The van der Waals surface area contributed by atoms with Crippen molar-refractivity contribution in [3.05, 3.63) is 64.5 Å². The molecule has 0 atom stereocenters.